The van der Waals surface area contributed by atoms with E-state index in [9.17, 15) is 18.0 Å². The van der Waals surface area contributed by atoms with Crippen LogP contribution in [-0.2, 0) is 11.3 Å². The van der Waals surface area contributed by atoms with Gasteiger partial charge in [-0.3, -0.25) is 18.9 Å². The van der Waals surface area contributed by atoms with Crippen LogP contribution in [0.1, 0.15) is 43.6 Å². The first kappa shape index (κ1) is 27.1. The number of carboxylic acid groups (broad SMARTS) is 1. The van der Waals surface area contributed by atoms with Crippen molar-refractivity contribution in [3.8, 4) is 11.5 Å². The topological polar surface area (TPSA) is 118 Å². The lowest BCUT2D eigenvalue weighted by Gasteiger charge is -2.17. The van der Waals surface area contributed by atoms with E-state index in [1.807, 2.05) is 21.3 Å². The van der Waals surface area contributed by atoms with Crippen LogP contribution in [0, 0.1) is 5.92 Å². The number of fused-ring (bicyclic) bond motifs is 1. The standard InChI is InChI=1S/C21H29N7O.C2HF3O2/c1-3-26(4-2)12-5-9-23-21(29)19-18-14-22-11-13-27(18)20(25-19)17-8-10-24-28(17)15-16-6-7-16;3-2(4,5)1(6)7/h8,10-11,13-14,16H,3-7,9,12,15H2,1-2H3,(H,23,29);(H,6,7). The molecule has 36 heavy (non-hydrogen) atoms. The summed E-state index contributed by atoms with van der Waals surface area (Å²) in [6.45, 7) is 8.87. The Morgan fingerprint density at radius 2 is 1.92 bits per heavy atom. The van der Waals surface area contributed by atoms with Gasteiger partial charge in [0, 0.05) is 31.7 Å². The summed E-state index contributed by atoms with van der Waals surface area (Å²) < 4.78 is 35.7. The van der Waals surface area contributed by atoms with Gasteiger partial charge in [-0.25, -0.2) is 9.78 Å². The number of rotatable bonds is 10. The summed E-state index contributed by atoms with van der Waals surface area (Å²) in [5.41, 5.74) is 2.05. The van der Waals surface area contributed by atoms with Gasteiger partial charge in [-0.1, -0.05) is 13.8 Å². The van der Waals surface area contributed by atoms with Gasteiger partial charge < -0.3 is 15.3 Å². The van der Waals surface area contributed by atoms with Gasteiger partial charge in [0.1, 0.15) is 5.69 Å². The van der Waals surface area contributed by atoms with E-state index in [2.05, 4.69) is 34.1 Å². The lowest BCUT2D eigenvalue weighted by molar-refractivity contribution is -0.192. The highest BCUT2D eigenvalue weighted by atomic mass is 19.4. The molecule has 3 aromatic heterocycles. The van der Waals surface area contributed by atoms with Crippen LogP contribution in [0.5, 0.6) is 0 Å². The molecule has 1 aliphatic rings. The number of amides is 1. The minimum atomic E-state index is -5.08. The van der Waals surface area contributed by atoms with Gasteiger partial charge in [0.25, 0.3) is 5.91 Å². The second kappa shape index (κ2) is 12.0. The molecule has 0 aliphatic heterocycles. The quantitative estimate of drug-likeness (QED) is 0.403. The fraction of sp³-hybridized carbons (Fsp3) is 0.522. The molecular weight excluding hydrogens is 479 g/mol. The fourth-order valence-electron chi connectivity index (χ4n) is 3.63. The summed E-state index contributed by atoms with van der Waals surface area (Å²) >= 11 is 0. The van der Waals surface area contributed by atoms with Crippen molar-refractivity contribution in [1.29, 1.82) is 0 Å². The lowest BCUT2D eigenvalue weighted by atomic mass is 10.3. The number of hydrogen-bond acceptors (Lipinski definition) is 6. The van der Waals surface area contributed by atoms with Crippen LogP contribution in [0.25, 0.3) is 17.0 Å². The van der Waals surface area contributed by atoms with Crippen LogP contribution < -0.4 is 5.32 Å². The van der Waals surface area contributed by atoms with Crippen LogP contribution in [0.15, 0.2) is 30.9 Å². The first-order valence-electron chi connectivity index (χ1n) is 11.8. The van der Waals surface area contributed by atoms with E-state index < -0.39 is 12.1 Å². The van der Waals surface area contributed by atoms with Gasteiger partial charge in [0.05, 0.1) is 11.7 Å². The predicted octanol–water partition coefficient (Wildman–Crippen LogP) is 3.10. The first-order chi connectivity index (χ1) is 17.2. The zero-order valence-electron chi connectivity index (χ0n) is 20.2. The van der Waals surface area contributed by atoms with Crippen molar-refractivity contribution in [1.82, 2.24) is 34.4 Å². The molecule has 1 saturated carbocycles. The van der Waals surface area contributed by atoms with Crippen LogP contribution in [0.2, 0.25) is 0 Å². The van der Waals surface area contributed by atoms with Crippen molar-refractivity contribution in [3.05, 3.63) is 36.5 Å². The molecule has 0 aromatic carbocycles. The first-order valence-corrected chi connectivity index (χ1v) is 11.8. The molecule has 0 unspecified atom stereocenters. The van der Waals surface area contributed by atoms with Gasteiger partial charge in [-0.15, -0.1) is 0 Å². The summed E-state index contributed by atoms with van der Waals surface area (Å²) in [5, 5.41) is 14.6. The third kappa shape index (κ3) is 7.03. The summed E-state index contributed by atoms with van der Waals surface area (Å²) in [7, 11) is 0. The molecule has 0 spiro atoms. The zero-order valence-corrected chi connectivity index (χ0v) is 20.2. The highest BCUT2D eigenvalue weighted by Gasteiger charge is 2.38. The number of imidazole rings is 1. The van der Waals surface area contributed by atoms with Crippen LogP contribution >= 0.6 is 0 Å². The van der Waals surface area contributed by atoms with Gasteiger partial charge in [-0.05, 0) is 50.9 Å². The van der Waals surface area contributed by atoms with Gasteiger partial charge >= 0.3 is 12.1 Å². The number of carboxylic acids is 1. The van der Waals surface area contributed by atoms with Crippen LogP contribution in [-0.4, -0.2) is 78.4 Å². The largest absolute Gasteiger partial charge is 0.490 e. The zero-order chi connectivity index (χ0) is 26.3. The second-order valence-electron chi connectivity index (χ2n) is 8.40. The summed E-state index contributed by atoms with van der Waals surface area (Å²) in [5.74, 6) is -1.48. The number of halogens is 3. The molecule has 3 aromatic rings. The molecule has 1 amide bonds. The maximum absolute atomic E-state index is 12.8. The summed E-state index contributed by atoms with van der Waals surface area (Å²) in [6.07, 6.45) is 5.41. The number of carbonyl (C=O) groups excluding carboxylic acids is 1. The van der Waals surface area contributed by atoms with Gasteiger partial charge in [-0.2, -0.15) is 18.3 Å². The molecule has 3 heterocycles. The van der Waals surface area contributed by atoms with E-state index in [1.165, 1.54) is 12.8 Å². The van der Waals surface area contributed by atoms with Crippen LogP contribution in [0.4, 0.5) is 13.2 Å². The number of hydrogen-bond donors (Lipinski definition) is 2. The Morgan fingerprint density at radius 1 is 1.22 bits per heavy atom. The maximum Gasteiger partial charge on any atom is 0.490 e. The van der Waals surface area contributed by atoms with Gasteiger partial charge in [0.15, 0.2) is 11.5 Å². The van der Waals surface area contributed by atoms with Crippen LogP contribution in [0.3, 0.4) is 0 Å². The Balaban J connectivity index is 0.000000454. The van der Waals surface area contributed by atoms with E-state index in [4.69, 9.17) is 14.9 Å². The number of nitrogens with zero attached hydrogens (tertiary/aromatic N) is 6. The normalized spacial score (nSPS) is 13.5. The molecule has 1 aliphatic carbocycles. The molecular formula is C23H30F3N7O3. The third-order valence-corrected chi connectivity index (χ3v) is 5.81. The minimum Gasteiger partial charge on any atom is -0.475 e. The van der Waals surface area contributed by atoms with Crippen molar-refractivity contribution < 1.29 is 27.9 Å². The van der Waals surface area contributed by atoms with E-state index in [0.29, 0.717) is 23.7 Å². The number of alkyl halides is 3. The van der Waals surface area contributed by atoms with E-state index in [0.717, 1.165) is 44.1 Å². The third-order valence-electron chi connectivity index (χ3n) is 5.81. The highest BCUT2D eigenvalue weighted by Crippen LogP contribution is 2.32. The molecule has 0 radical (unpaired) electrons. The average molecular weight is 510 g/mol. The number of aromatic nitrogens is 5. The summed E-state index contributed by atoms with van der Waals surface area (Å²) in [6, 6.07) is 1.96. The molecule has 4 rings (SSSR count). The lowest BCUT2D eigenvalue weighted by Crippen LogP contribution is -2.30. The molecule has 0 saturated heterocycles. The van der Waals surface area contributed by atoms with Crippen molar-refractivity contribution in [2.24, 2.45) is 5.92 Å². The average Bonchev–Trinajstić information content (AvgIpc) is 3.41. The minimum absolute atomic E-state index is 0.158. The van der Waals surface area contributed by atoms with Crippen molar-refractivity contribution >= 4 is 17.4 Å². The molecule has 0 bridgehead atoms. The predicted molar refractivity (Wildman–Crippen MR) is 125 cm³/mol. The van der Waals surface area contributed by atoms with Crippen molar-refractivity contribution in [2.75, 3.05) is 26.2 Å². The van der Waals surface area contributed by atoms with E-state index in [-0.39, 0.29) is 5.91 Å². The molecule has 0 atom stereocenters. The van der Waals surface area contributed by atoms with E-state index in [1.54, 1.807) is 18.6 Å². The number of carbonyl (C=O) groups is 2. The van der Waals surface area contributed by atoms with E-state index >= 15 is 0 Å². The molecule has 10 nitrogen and oxygen atoms in total. The maximum atomic E-state index is 12.8. The molecule has 2 N–H and O–H groups in total. The molecule has 13 heteroatoms. The van der Waals surface area contributed by atoms with Crippen molar-refractivity contribution in [2.45, 2.75) is 45.8 Å². The smallest absolute Gasteiger partial charge is 0.475 e. The Bertz CT molecular complexity index is 1170. The Hall–Kier alpha value is -3.48. The fourth-order valence-corrected chi connectivity index (χ4v) is 3.63. The molecule has 196 valence electrons. The summed E-state index contributed by atoms with van der Waals surface area (Å²) in [4.78, 5) is 33.0. The Kier molecular flexibility index (Phi) is 9.02. The number of aliphatic carboxylic acids is 1. The molecule has 1 fully saturated rings. The Morgan fingerprint density at radius 3 is 2.53 bits per heavy atom. The van der Waals surface area contributed by atoms with Crippen molar-refractivity contribution in [3.63, 3.8) is 0 Å². The Labute approximate surface area is 206 Å². The second-order valence-corrected chi connectivity index (χ2v) is 8.40. The highest BCUT2D eigenvalue weighted by molar-refractivity contribution is 5.99. The monoisotopic (exact) mass is 509 g/mol. The number of nitrogens with one attached hydrogen (secondary N) is 1. The van der Waals surface area contributed by atoms with Gasteiger partial charge in [0.2, 0.25) is 0 Å². The SMILES string of the molecule is CCN(CC)CCCNC(=O)c1nc(-c2ccnn2CC2CC2)n2ccncc12.O=C(O)C(F)(F)F.